The molecule has 1 fully saturated rings. The highest BCUT2D eigenvalue weighted by Crippen LogP contribution is 2.26. The van der Waals surface area contributed by atoms with Crippen LogP contribution in [0.4, 0.5) is 0 Å². The largest absolute Gasteiger partial charge is 0.379 e. The van der Waals surface area contributed by atoms with E-state index in [4.69, 9.17) is 4.74 Å². The molecule has 1 amide bonds. The summed E-state index contributed by atoms with van der Waals surface area (Å²) in [5.74, 6) is -0.146. The van der Waals surface area contributed by atoms with Crippen LogP contribution in [0.2, 0.25) is 0 Å². The maximum Gasteiger partial charge on any atom is 0.270 e. The van der Waals surface area contributed by atoms with E-state index in [1.54, 1.807) is 22.2 Å². The number of thiophene rings is 1. The second-order valence-corrected chi connectivity index (χ2v) is 8.37. The van der Waals surface area contributed by atoms with E-state index >= 15 is 0 Å². The van der Waals surface area contributed by atoms with Gasteiger partial charge in [0.25, 0.3) is 5.91 Å². The predicted octanol–water partition coefficient (Wildman–Crippen LogP) is 3.20. The van der Waals surface area contributed by atoms with Gasteiger partial charge in [0.2, 0.25) is 0 Å². The lowest BCUT2D eigenvalue weighted by molar-refractivity contribution is 0.0925. The molecule has 1 atom stereocenters. The van der Waals surface area contributed by atoms with E-state index in [9.17, 15) is 4.79 Å². The van der Waals surface area contributed by atoms with Gasteiger partial charge in [0.15, 0.2) is 0 Å². The summed E-state index contributed by atoms with van der Waals surface area (Å²) < 4.78 is 7.12. The molecule has 1 N–H and O–H groups in total. The zero-order valence-corrected chi connectivity index (χ0v) is 17.4. The van der Waals surface area contributed by atoms with Gasteiger partial charge in [0, 0.05) is 37.0 Å². The van der Waals surface area contributed by atoms with E-state index in [1.165, 1.54) is 0 Å². The molecule has 0 spiro atoms. The summed E-state index contributed by atoms with van der Waals surface area (Å²) in [6, 6.07) is 8.10. The number of hydrogen-bond donors (Lipinski definition) is 1. The molecular formula is C22H21N5O2S. The fourth-order valence-corrected chi connectivity index (χ4v) is 4.47. The Morgan fingerprint density at radius 2 is 2.27 bits per heavy atom. The molecule has 0 aromatic carbocycles. The smallest absolute Gasteiger partial charge is 0.270 e. The van der Waals surface area contributed by atoms with E-state index in [-0.39, 0.29) is 11.9 Å². The first kappa shape index (κ1) is 18.9. The van der Waals surface area contributed by atoms with Gasteiger partial charge in [-0.3, -0.25) is 14.5 Å². The Morgan fingerprint density at radius 1 is 1.33 bits per heavy atom. The molecule has 4 aromatic heterocycles. The number of rotatable bonds is 5. The number of carbonyl (C=O) groups excluding carboxylic acids is 1. The lowest BCUT2D eigenvalue weighted by Crippen LogP contribution is -2.35. The van der Waals surface area contributed by atoms with Gasteiger partial charge in [-0.2, -0.15) is 5.10 Å². The Hall–Kier alpha value is -3.10. The summed E-state index contributed by atoms with van der Waals surface area (Å²) in [5.41, 5.74) is 4.48. The van der Waals surface area contributed by atoms with Crippen molar-refractivity contribution in [3.63, 3.8) is 0 Å². The number of amides is 1. The van der Waals surface area contributed by atoms with Crippen molar-refractivity contribution in [1.29, 1.82) is 0 Å². The van der Waals surface area contributed by atoms with Crippen molar-refractivity contribution in [3.05, 3.63) is 65.1 Å². The summed E-state index contributed by atoms with van der Waals surface area (Å²) in [4.78, 5) is 22.8. The number of nitrogens with one attached hydrogen (secondary N) is 1. The molecule has 5 rings (SSSR count). The Kier molecular flexibility index (Phi) is 5.02. The minimum atomic E-state index is -0.146. The van der Waals surface area contributed by atoms with Crippen LogP contribution in [0.25, 0.3) is 21.5 Å². The third kappa shape index (κ3) is 3.83. The Morgan fingerprint density at radius 3 is 3.00 bits per heavy atom. The Labute approximate surface area is 177 Å². The molecule has 5 heterocycles. The molecule has 1 aliphatic rings. The Balaban J connectivity index is 1.40. The zero-order chi connectivity index (χ0) is 20.5. The van der Waals surface area contributed by atoms with Gasteiger partial charge in [-0.15, -0.1) is 11.3 Å². The number of fused-ring (bicyclic) bond motifs is 1. The predicted molar refractivity (Wildman–Crippen MR) is 116 cm³/mol. The summed E-state index contributed by atoms with van der Waals surface area (Å²) >= 11 is 1.55. The average molecular weight is 420 g/mol. The third-order valence-electron chi connectivity index (χ3n) is 5.24. The average Bonchev–Trinajstić information content (AvgIpc) is 3.50. The molecule has 7 nitrogen and oxygen atoms in total. The van der Waals surface area contributed by atoms with Gasteiger partial charge in [0.1, 0.15) is 10.5 Å². The lowest BCUT2D eigenvalue weighted by Gasteiger charge is -2.12. The van der Waals surface area contributed by atoms with E-state index < -0.39 is 0 Å². The molecule has 0 bridgehead atoms. The Bertz CT molecular complexity index is 1190. The molecule has 4 aromatic rings. The number of aryl methyl sites for hydroxylation is 1. The first-order chi connectivity index (χ1) is 14.7. The third-order valence-corrected chi connectivity index (χ3v) is 6.05. The van der Waals surface area contributed by atoms with Crippen LogP contribution in [0.1, 0.15) is 28.0 Å². The van der Waals surface area contributed by atoms with E-state index in [2.05, 4.69) is 32.5 Å². The minimum Gasteiger partial charge on any atom is -0.379 e. The molecule has 0 aliphatic carbocycles. The molecule has 0 radical (unpaired) electrons. The molecule has 0 unspecified atom stereocenters. The number of aromatic nitrogens is 4. The molecule has 30 heavy (non-hydrogen) atoms. The molecule has 0 saturated carbocycles. The maximum atomic E-state index is 12.7. The number of pyridine rings is 2. The van der Waals surface area contributed by atoms with Crippen LogP contribution in [0, 0.1) is 0 Å². The number of ether oxygens (including phenoxy) is 1. The monoisotopic (exact) mass is 419 g/mol. The van der Waals surface area contributed by atoms with Crippen LogP contribution >= 0.6 is 11.3 Å². The van der Waals surface area contributed by atoms with Crippen LogP contribution in [0.3, 0.4) is 0 Å². The fourth-order valence-electron chi connectivity index (χ4n) is 3.66. The van der Waals surface area contributed by atoms with Gasteiger partial charge >= 0.3 is 0 Å². The van der Waals surface area contributed by atoms with Gasteiger partial charge in [-0.05, 0) is 47.5 Å². The molecule has 8 heteroatoms. The van der Waals surface area contributed by atoms with Crippen molar-refractivity contribution >= 4 is 27.5 Å². The minimum absolute atomic E-state index is 0.0611. The maximum absolute atomic E-state index is 12.7. The quantitative estimate of drug-likeness (QED) is 0.537. The van der Waals surface area contributed by atoms with Crippen LogP contribution in [-0.2, 0) is 18.2 Å². The second kappa shape index (κ2) is 7.97. The highest BCUT2D eigenvalue weighted by atomic mass is 32.1. The molecular weight excluding hydrogens is 398 g/mol. The lowest BCUT2D eigenvalue weighted by atomic mass is 10.0. The van der Waals surface area contributed by atoms with Crippen molar-refractivity contribution in [2.24, 2.45) is 7.05 Å². The standard InChI is InChI=1S/C22H21N5O2S/c1-27-12-16(11-24-27)19-3-2-14(10-23-19)8-15-9-20(26-22-18(15)5-7-30-22)21(28)25-17-4-6-29-13-17/h2-3,5,7,9-12,17H,4,6,8,13H2,1H3,(H,25,28)/t17-/m1/s1. The number of carbonyl (C=O) groups is 1. The highest BCUT2D eigenvalue weighted by molar-refractivity contribution is 7.16. The van der Waals surface area contributed by atoms with E-state index in [1.807, 2.05) is 37.0 Å². The van der Waals surface area contributed by atoms with Crippen LogP contribution < -0.4 is 5.32 Å². The van der Waals surface area contributed by atoms with Crippen molar-refractivity contribution in [3.8, 4) is 11.3 Å². The van der Waals surface area contributed by atoms with E-state index in [0.29, 0.717) is 25.3 Å². The number of nitrogens with zero attached hydrogens (tertiary/aromatic N) is 4. The summed E-state index contributed by atoms with van der Waals surface area (Å²) in [7, 11) is 1.89. The zero-order valence-electron chi connectivity index (χ0n) is 16.5. The van der Waals surface area contributed by atoms with Gasteiger partial charge in [0.05, 0.1) is 24.5 Å². The van der Waals surface area contributed by atoms with Crippen LogP contribution in [-0.4, -0.2) is 44.9 Å². The van der Waals surface area contributed by atoms with Crippen LogP contribution in [0.15, 0.2) is 48.2 Å². The van der Waals surface area contributed by atoms with Gasteiger partial charge in [-0.25, -0.2) is 4.98 Å². The first-order valence-corrected chi connectivity index (χ1v) is 10.7. The first-order valence-electron chi connectivity index (χ1n) is 9.85. The van der Waals surface area contributed by atoms with E-state index in [0.717, 1.165) is 39.0 Å². The van der Waals surface area contributed by atoms with Crippen LogP contribution in [0.5, 0.6) is 0 Å². The summed E-state index contributed by atoms with van der Waals surface area (Å²) in [6.07, 6.45) is 7.16. The van der Waals surface area contributed by atoms with Crippen molar-refractivity contribution < 1.29 is 9.53 Å². The summed E-state index contributed by atoms with van der Waals surface area (Å²) in [6.45, 7) is 1.25. The summed E-state index contributed by atoms with van der Waals surface area (Å²) in [5, 5.41) is 10.3. The van der Waals surface area contributed by atoms with Crippen molar-refractivity contribution in [2.45, 2.75) is 18.9 Å². The van der Waals surface area contributed by atoms with Gasteiger partial charge < -0.3 is 10.1 Å². The SMILES string of the molecule is Cn1cc(-c2ccc(Cc3cc(C(=O)N[C@@H]4CCOC4)nc4sccc34)cn2)cn1. The highest BCUT2D eigenvalue weighted by Gasteiger charge is 2.20. The molecule has 152 valence electrons. The van der Waals surface area contributed by atoms with Crippen molar-refractivity contribution in [1.82, 2.24) is 25.1 Å². The molecule has 1 aliphatic heterocycles. The van der Waals surface area contributed by atoms with Gasteiger partial charge in [-0.1, -0.05) is 6.07 Å². The normalized spacial score (nSPS) is 16.2. The molecule has 1 saturated heterocycles. The van der Waals surface area contributed by atoms with Crippen molar-refractivity contribution in [2.75, 3.05) is 13.2 Å². The second-order valence-electron chi connectivity index (χ2n) is 7.47. The fraction of sp³-hybridized carbons (Fsp3) is 0.273. The number of hydrogen-bond acceptors (Lipinski definition) is 6. The topological polar surface area (TPSA) is 81.9 Å².